The van der Waals surface area contributed by atoms with Gasteiger partial charge in [0, 0.05) is 25.3 Å². The van der Waals surface area contributed by atoms with Crippen molar-refractivity contribution in [3.63, 3.8) is 0 Å². The summed E-state index contributed by atoms with van der Waals surface area (Å²) in [5.41, 5.74) is 1.33. The Kier molecular flexibility index (Phi) is 6.80. The predicted molar refractivity (Wildman–Crippen MR) is 99.0 cm³/mol. The standard InChI is InChI=1S/C17H19Br2NS/c1-12(2)10-20-11-13-8-15(19)6-7-17(13)21-16-5-3-4-14(18)9-16/h3-9,12,20H,10-11H2,1-2H3. The second-order valence-electron chi connectivity index (χ2n) is 5.34. The summed E-state index contributed by atoms with van der Waals surface area (Å²) in [5.74, 6) is 0.665. The van der Waals surface area contributed by atoms with Crippen molar-refractivity contribution in [3.05, 3.63) is 57.0 Å². The van der Waals surface area contributed by atoms with Gasteiger partial charge in [0.05, 0.1) is 0 Å². The molecule has 0 unspecified atom stereocenters. The molecule has 0 saturated carbocycles. The zero-order valence-electron chi connectivity index (χ0n) is 12.2. The summed E-state index contributed by atoms with van der Waals surface area (Å²) >= 11 is 8.91. The molecule has 2 rings (SSSR count). The Morgan fingerprint density at radius 3 is 2.52 bits per heavy atom. The number of nitrogens with one attached hydrogen (secondary N) is 1. The molecule has 0 aliphatic rings. The van der Waals surface area contributed by atoms with Gasteiger partial charge in [0.15, 0.2) is 0 Å². The van der Waals surface area contributed by atoms with Gasteiger partial charge in [-0.05, 0) is 54.4 Å². The summed E-state index contributed by atoms with van der Waals surface area (Å²) in [4.78, 5) is 2.55. The second-order valence-corrected chi connectivity index (χ2v) is 8.28. The molecule has 2 aromatic carbocycles. The summed E-state index contributed by atoms with van der Waals surface area (Å²) in [5, 5.41) is 3.52. The molecule has 0 amide bonds. The first kappa shape index (κ1) is 17.1. The quantitative estimate of drug-likeness (QED) is 0.595. The fourth-order valence-corrected chi connectivity index (χ4v) is 3.88. The number of hydrogen-bond acceptors (Lipinski definition) is 2. The Labute approximate surface area is 148 Å². The van der Waals surface area contributed by atoms with Crippen LogP contribution in [-0.2, 0) is 6.54 Å². The molecule has 112 valence electrons. The Morgan fingerprint density at radius 1 is 1.05 bits per heavy atom. The van der Waals surface area contributed by atoms with Gasteiger partial charge in [-0.25, -0.2) is 0 Å². The Balaban J connectivity index is 2.14. The summed E-state index contributed by atoms with van der Waals surface area (Å²) in [6.45, 7) is 6.39. The molecule has 0 aliphatic heterocycles. The minimum Gasteiger partial charge on any atom is -0.312 e. The third kappa shape index (κ3) is 5.78. The van der Waals surface area contributed by atoms with E-state index < -0.39 is 0 Å². The molecule has 1 N–H and O–H groups in total. The molecule has 0 aromatic heterocycles. The molecule has 21 heavy (non-hydrogen) atoms. The highest BCUT2D eigenvalue weighted by atomic mass is 79.9. The van der Waals surface area contributed by atoms with Crippen LogP contribution in [0.25, 0.3) is 0 Å². The molecular weight excluding hydrogens is 410 g/mol. The number of rotatable bonds is 6. The molecule has 0 spiro atoms. The number of benzene rings is 2. The van der Waals surface area contributed by atoms with Crippen molar-refractivity contribution < 1.29 is 0 Å². The lowest BCUT2D eigenvalue weighted by atomic mass is 10.2. The Bertz CT molecular complexity index is 599. The lowest BCUT2D eigenvalue weighted by Gasteiger charge is -2.12. The first-order valence-electron chi connectivity index (χ1n) is 6.97. The van der Waals surface area contributed by atoms with Gasteiger partial charge in [-0.3, -0.25) is 0 Å². The van der Waals surface area contributed by atoms with Gasteiger partial charge in [-0.1, -0.05) is 63.5 Å². The Morgan fingerprint density at radius 2 is 1.81 bits per heavy atom. The van der Waals surface area contributed by atoms with Crippen molar-refractivity contribution in [2.75, 3.05) is 6.54 Å². The highest BCUT2D eigenvalue weighted by Crippen LogP contribution is 2.33. The van der Waals surface area contributed by atoms with Crippen LogP contribution in [-0.4, -0.2) is 6.54 Å². The van der Waals surface area contributed by atoms with Crippen LogP contribution in [0.15, 0.2) is 61.2 Å². The molecule has 4 heteroatoms. The minimum absolute atomic E-state index is 0.665. The molecule has 0 aliphatic carbocycles. The molecule has 0 saturated heterocycles. The average Bonchev–Trinajstić information content (AvgIpc) is 2.41. The third-order valence-electron chi connectivity index (χ3n) is 2.91. The van der Waals surface area contributed by atoms with E-state index in [4.69, 9.17) is 0 Å². The van der Waals surface area contributed by atoms with E-state index in [-0.39, 0.29) is 0 Å². The summed E-state index contributed by atoms with van der Waals surface area (Å²) in [6.07, 6.45) is 0. The molecule has 0 atom stereocenters. The molecule has 0 radical (unpaired) electrons. The SMILES string of the molecule is CC(C)CNCc1cc(Br)ccc1Sc1cccc(Br)c1. The number of halogens is 2. The highest BCUT2D eigenvalue weighted by Gasteiger charge is 2.06. The lowest BCUT2D eigenvalue weighted by Crippen LogP contribution is -2.19. The smallest absolute Gasteiger partial charge is 0.0217 e. The maximum Gasteiger partial charge on any atom is 0.0217 e. The van der Waals surface area contributed by atoms with Gasteiger partial charge in [0.1, 0.15) is 0 Å². The normalized spacial score (nSPS) is 11.1. The van der Waals surface area contributed by atoms with Crippen molar-refractivity contribution in [2.45, 2.75) is 30.2 Å². The molecule has 0 bridgehead atoms. The molecular formula is C17H19Br2NS. The van der Waals surface area contributed by atoms with Gasteiger partial charge in [0.25, 0.3) is 0 Å². The van der Waals surface area contributed by atoms with E-state index in [1.807, 2.05) is 0 Å². The first-order valence-corrected chi connectivity index (χ1v) is 9.37. The molecule has 0 fully saturated rings. The average molecular weight is 429 g/mol. The maximum atomic E-state index is 3.57. The molecule has 0 heterocycles. The van der Waals surface area contributed by atoms with Gasteiger partial charge in [0.2, 0.25) is 0 Å². The second kappa shape index (κ2) is 8.37. The fraction of sp³-hybridized carbons (Fsp3) is 0.294. The Hall–Kier alpha value is -0.290. The van der Waals surface area contributed by atoms with Crippen molar-refractivity contribution in [1.82, 2.24) is 5.32 Å². The van der Waals surface area contributed by atoms with Crippen molar-refractivity contribution >= 4 is 43.6 Å². The van der Waals surface area contributed by atoms with Crippen LogP contribution < -0.4 is 5.32 Å². The van der Waals surface area contributed by atoms with E-state index in [1.165, 1.54) is 15.4 Å². The van der Waals surface area contributed by atoms with Crippen LogP contribution in [0, 0.1) is 5.92 Å². The van der Waals surface area contributed by atoms with E-state index >= 15 is 0 Å². The zero-order chi connectivity index (χ0) is 15.2. The van der Waals surface area contributed by atoms with E-state index in [9.17, 15) is 0 Å². The van der Waals surface area contributed by atoms with Gasteiger partial charge in [-0.2, -0.15) is 0 Å². The predicted octanol–water partition coefficient (Wildman–Crippen LogP) is 6.11. The zero-order valence-corrected chi connectivity index (χ0v) is 16.2. The van der Waals surface area contributed by atoms with Crippen LogP contribution in [0.4, 0.5) is 0 Å². The van der Waals surface area contributed by atoms with Gasteiger partial charge >= 0.3 is 0 Å². The molecule has 1 nitrogen and oxygen atoms in total. The summed E-state index contributed by atoms with van der Waals surface area (Å²) in [7, 11) is 0. The van der Waals surface area contributed by atoms with E-state index in [2.05, 4.69) is 93.5 Å². The van der Waals surface area contributed by atoms with E-state index in [1.54, 1.807) is 11.8 Å². The van der Waals surface area contributed by atoms with E-state index in [0.717, 1.165) is 22.0 Å². The minimum atomic E-state index is 0.665. The largest absolute Gasteiger partial charge is 0.312 e. The first-order chi connectivity index (χ1) is 10.0. The number of hydrogen-bond donors (Lipinski definition) is 1. The van der Waals surface area contributed by atoms with Crippen molar-refractivity contribution in [1.29, 1.82) is 0 Å². The highest BCUT2D eigenvalue weighted by molar-refractivity contribution is 9.10. The third-order valence-corrected chi connectivity index (χ3v) is 5.01. The van der Waals surface area contributed by atoms with Crippen LogP contribution in [0.2, 0.25) is 0 Å². The fourth-order valence-electron chi connectivity index (χ4n) is 1.94. The maximum absolute atomic E-state index is 3.57. The lowest BCUT2D eigenvalue weighted by molar-refractivity contribution is 0.550. The topological polar surface area (TPSA) is 12.0 Å². The monoisotopic (exact) mass is 427 g/mol. The molecule has 2 aromatic rings. The van der Waals surface area contributed by atoms with Crippen LogP contribution in [0.5, 0.6) is 0 Å². The summed E-state index contributed by atoms with van der Waals surface area (Å²) in [6, 6.07) is 14.9. The van der Waals surface area contributed by atoms with Crippen LogP contribution in [0.3, 0.4) is 0 Å². The van der Waals surface area contributed by atoms with Crippen LogP contribution in [0.1, 0.15) is 19.4 Å². The van der Waals surface area contributed by atoms with Crippen molar-refractivity contribution in [2.24, 2.45) is 5.92 Å². The van der Waals surface area contributed by atoms with Gasteiger partial charge in [-0.15, -0.1) is 0 Å². The summed E-state index contributed by atoms with van der Waals surface area (Å²) < 4.78 is 2.24. The van der Waals surface area contributed by atoms with Gasteiger partial charge < -0.3 is 5.32 Å². The van der Waals surface area contributed by atoms with Crippen molar-refractivity contribution in [3.8, 4) is 0 Å². The van der Waals surface area contributed by atoms with E-state index in [0.29, 0.717) is 5.92 Å². The van der Waals surface area contributed by atoms with Crippen LogP contribution >= 0.6 is 43.6 Å².